The van der Waals surface area contributed by atoms with Crippen molar-refractivity contribution in [2.45, 2.75) is 26.2 Å². The van der Waals surface area contributed by atoms with E-state index < -0.39 is 5.97 Å². The summed E-state index contributed by atoms with van der Waals surface area (Å²) in [5, 5.41) is 9.49. The molecule has 0 aliphatic heterocycles. The van der Waals surface area contributed by atoms with Crippen LogP contribution in [0.4, 0.5) is 0 Å². The first kappa shape index (κ1) is 16.3. The van der Waals surface area contributed by atoms with E-state index in [0.29, 0.717) is 28.7 Å². The summed E-state index contributed by atoms with van der Waals surface area (Å²) in [7, 11) is 0. The van der Waals surface area contributed by atoms with Crippen molar-refractivity contribution in [3.63, 3.8) is 0 Å². The summed E-state index contributed by atoms with van der Waals surface area (Å²) in [6.45, 7) is 2.05. The second-order valence-electron chi connectivity index (χ2n) is 6.69. The number of carbonyl (C=O) groups is 1. The van der Waals surface area contributed by atoms with Gasteiger partial charge >= 0.3 is 5.97 Å². The average Bonchev–Trinajstić information content (AvgIpc) is 2.62. The van der Waals surface area contributed by atoms with Crippen LogP contribution in [0.5, 0.6) is 0 Å². The van der Waals surface area contributed by atoms with Crippen LogP contribution in [-0.4, -0.2) is 11.1 Å². The monoisotopic (exact) mass is 346 g/mol. The van der Waals surface area contributed by atoms with Crippen molar-refractivity contribution in [3.05, 3.63) is 80.7 Å². The van der Waals surface area contributed by atoms with E-state index in [0.717, 1.165) is 24.0 Å². The Morgan fingerprint density at radius 3 is 2.77 bits per heavy atom. The third-order valence-electron chi connectivity index (χ3n) is 4.78. The molecule has 1 aliphatic carbocycles. The van der Waals surface area contributed by atoms with Gasteiger partial charge in [0.15, 0.2) is 5.43 Å². The van der Waals surface area contributed by atoms with E-state index in [1.54, 1.807) is 6.07 Å². The highest BCUT2D eigenvalue weighted by Gasteiger charge is 2.22. The van der Waals surface area contributed by atoms with Gasteiger partial charge in [-0.15, -0.1) is 0 Å². The lowest BCUT2D eigenvalue weighted by atomic mass is 9.90. The third kappa shape index (κ3) is 2.84. The number of rotatable bonds is 2. The molecule has 0 unspecified atom stereocenters. The molecule has 3 aromatic rings. The molecule has 0 spiro atoms. The minimum absolute atomic E-state index is 0.0936. The second kappa shape index (κ2) is 6.30. The quantitative estimate of drug-likeness (QED) is 0.732. The Hall–Kier alpha value is -3.14. The SMILES string of the molecule is Cc1cccc(/C=C2/CCCc3c2oc2ccc(C(=O)O)cc2c3=O)c1. The number of aromatic carboxylic acids is 1. The molecule has 0 bridgehead atoms. The van der Waals surface area contributed by atoms with E-state index in [2.05, 4.69) is 12.1 Å². The molecule has 1 N–H and O–H groups in total. The van der Waals surface area contributed by atoms with E-state index in [9.17, 15) is 9.59 Å². The van der Waals surface area contributed by atoms with Gasteiger partial charge in [0, 0.05) is 5.56 Å². The van der Waals surface area contributed by atoms with Crippen LogP contribution in [0, 0.1) is 6.92 Å². The topological polar surface area (TPSA) is 67.5 Å². The van der Waals surface area contributed by atoms with Crippen LogP contribution < -0.4 is 5.43 Å². The zero-order valence-electron chi connectivity index (χ0n) is 14.4. The van der Waals surface area contributed by atoms with E-state index >= 15 is 0 Å². The summed E-state index contributed by atoms with van der Waals surface area (Å²) in [6, 6.07) is 12.6. The molecule has 0 saturated heterocycles. The number of carboxylic acid groups (broad SMARTS) is 1. The molecule has 0 fully saturated rings. The minimum Gasteiger partial charge on any atom is -0.478 e. The Bertz CT molecular complexity index is 1120. The Balaban J connectivity index is 1.91. The van der Waals surface area contributed by atoms with Crippen LogP contribution in [0.25, 0.3) is 22.6 Å². The van der Waals surface area contributed by atoms with Crippen LogP contribution in [0.3, 0.4) is 0 Å². The summed E-state index contributed by atoms with van der Waals surface area (Å²) in [5.74, 6) is -0.414. The zero-order chi connectivity index (χ0) is 18.3. The molecule has 4 nitrogen and oxygen atoms in total. The Morgan fingerprint density at radius 2 is 2.00 bits per heavy atom. The molecule has 26 heavy (non-hydrogen) atoms. The van der Waals surface area contributed by atoms with Gasteiger partial charge in [-0.05, 0) is 61.6 Å². The summed E-state index contributed by atoms with van der Waals surface area (Å²) in [5.41, 5.74) is 4.31. The molecule has 4 heteroatoms. The Morgan fingerprint density at radius 1 is 1.15 bits per heavy atom. The predicted molar refractivity (Wildman–Crippen MR) is 101 cm³/mol. The van der Waals surface area contributed by atoms with Crippen LogP contribution in [-0.2, 0) is 6.42 Å². The predicted octanol–water partition coefficient (Wildman–Crippen LogP) is 4.68. The molecule has 0 saturated carbocycles. The summed E-state index contributed by atoms with van der Waals surface area (Å²) in [4.78, 5) is 24.1. The highest BCUT2D eigenvalue weighted by molar-refractivity contribution is 5.93. The lowest BCUT2D eigenvalue weighted by Gasteiger charge is -2.18. The average molecular weight is 346 g/mol. The Kier molecular flexibility index (Phi) is 3.96. The van der Waals surface area contributed by atoms with Gasteiger partial charge in [0.1, 0.15) is 11.3 Å². The largest absolute Gasteiger partial charge is 0.478 e. The zero-order valence-corrected chi connectivity index (χ0v) is 14.4. The lowest BCUT2D eigenvalue weighted by Crippen LogP contribution is -2.16. The van der Waals surface area contributed by atoms with Crippen molar-refractivity contribution >= 4 is 28.6 Å². The fourth-order valence-electron chi connectivity index (χ4n) is 3.52. The fraction of sp³-hybridized carbons (Fsp3) is 0.182. The van der Waals surface area contributed by atoms with E-state index in [4.69, 9.17) is 9.52 Å². The van der Waals surface area contributed by atoms with Crippen LogP contribution in [0.1, 0.15) is 45.7 Å². The number of allylic oxidation sites excluding steroid dienone is 1. The van der Waals surface area contributed by atoms with Gasteiger partial charge in [-0.3, -0.25) is 4.79 Å². The number of hydrogen-bond acceptors (Lipinski definition) is 3. The maximum absolute atomic E-state index is 12.9. The lowest BCUT2D eigenvalue weighted by molar-refractivity contribution is 0.0697. The van der Waals surface area contributed by atoms with Crippen molar-refractivity contribution in [1.82, 2.24) is 0 Å². The summed E-state index contributed by atoms with van der Waals surface area (Å²) < 4.78 is 6.05. The van der Waals surface area contributed by atoms with Crippen molar-refractivity contribution in [2.24, 2.45) is 0 Å². The van der Waals surface area contributed by atoms with Gasteiger partial charge in [0.25, 0.3) is 0 Å². The van der Waals surface area contributed by atoms with Crippen molar-refractivity contribution in [3.8, 4) is 0 Å². The van der Waals surface area contributed by atoms with Crippen LogP contribution in [0.15, 0.2) is 51.7 Å². The molecule has 0 amide bonds. The van der Waals surface area contributed by atoms with Gasteiger partial charge in [0.05, 0.1) is 10.9 Å². The van der Waals surface area contributed by atoms with E-state index in [-0.39, 0.29) is 11.0 Å². The molecule has 1 aliphatic rings. The molecular weight excluding hydrogens is 328 g/mol. The van der Waals surface area contributed by atoms with Gasteiger partial charge in [-0.2, -0.15) is 0 Å². The van der Waals surface area contributed by atoms with Gasteiger partial charge < -0.3 is 9.52 Å². The maximum atomic E-state index is 12.9. The molecule has 2 aromatic carbocycles. The van der Waals surface area contributed by atoms with Crippen molar-refractivity contribution in [1.29, 1.82) is 0 Å². The summed E-state index contributed by atoms with van der Waals surface area (Å²) in [6.07, 6.45) is 4.45. The number of carboxylic acids is 1. The van der Waals surface area contributed by atoms with Crippen molar-refractivity contribution in [2.75, 3.05) is 0 Å². The minimum atomic E-state index is -1.05. The number of aryl methyl sites for hydroxylation is 1. The highest BCUT2D eigenvalue weighted by Crippen LogP contribution is 2.33. The smallest absolute Gasteiger partial charge is 0.335 e. The molecule has 0 radical (unpaired) electrons. The third-order valence-corrected chi connectivity index (χ3v) is 4.78. The molecule has 1 aromatic heterocycles. The van der Waals surface area contributed by atoms with Gasteiger partial charge in [-0.1, -0.05) is 29.8 Å². The van der Waals surface area contributed by atoms with E-state index in [1.807, 2.05) is 25.1 Å². The van der Waals surface area contributed by atoms with Gasteiger partial charge in [0.2, 0.25) is 0 Å². The van der Waals surface area contributed by atoms with Gasteiger partial charge in [-0.25, -0.2) is 4.79 Å². The van der Waals surface area contributed by atoms with E-state index in [1.165, 1.54) is 17.7 Å². The number of hydrogen-bond donors (Lipinski definition) is 1. The number of fused-ring (bicyclic) bond motifs is 2. The first-order chi connectivity index (χ1) is 12.5. The van der Waals surface area contributed by atoms with Crippen LogP contribution in [0.2, 0.25) is 0 Å². The summed E-state index contributed by atoms with van der Waals surface area (Å²) >= 11 is 0. The first-order valence-electron chi connectivity index (χ1n) is 8.63. The van der Waals surface area contributed by atoms with Crippen LogP contribution >= 0.6 is 0 Å². The first-order valence-corrected chi connectivity index (χ1v) is 8.63. The molecule has 1 heterocycles. The number of benzene rings is 2. The van der Waals surface area contributed by atoms with Crippen molar-refractivity contribution < 1.29 is 14.3 Å². The Labute approximate surface area is 150 Å². The fourth-order valence-corrected chi connectivity index (χ4v) is 3.52. The second-order valence-corrected chi connectivity index (χ2v) is 6.69. The highest BCUT2D eigenvalue weighted by atomic mass is 16.4. The molecular formula is C22H18O4. The molecule has 0 atom stereocenters. The standard InChI is InChI=1S/C22H18O4/c1-13-4-2-5-14(10-13)11-15-6-3-7-17-20(23)18-12-16(22(24)25)8-9-19(18)26-21(15)17/h2,4-5,8-12H,3,6-7H2,1H3,(H,24,25)/b15-11-. The normalized spacial score (nSPS) is 15.2. The maximum Gasteiger partial charge on any atom is 0.335 e. The molecule has 4 rings (SSSR count). The molecule has 130 valence electrons.